The van der Waals surface area contributed by atoms with Crippen LogP contribution in [0.5, 0.6) is 0 Å². The molecular formula is C12H13BrF3NO2. The Bertz CT molecular complexity index is 437. The minimum atomic E-state index is -4.42. The zero-order valence-electron chi connectivity index (χ0n) is 10.1. The molecule has 1 amide bonds. The van der Waals surface area contributed by atoms with Crippen LogP contribution < -0.4 is 5.32 Å². The minimum Gasteiger partial charge on any atom is -0.362 e. The average Bonchev–Trinajstić information content (AvgIpc) is 2.27. The molecule has 106 valence electrons. The van der Waals surface area contributed by atoms with Gasteiger partial charge in [0.15, 0.2) is 0 Å². The fourth-order valence-corrected chi connectivity index (χ4v) is 2.07. The Hall–Kier alpha value is -1.08. The Kier molecular flexibility index (Phi) is 5.81. The maximum absolute atomic E-state index is 11.8. The highest BCUT2D eigenvalue weighted by Gasteiger charge is 2.27. The van der Waals surface area contributed by atoms with E-state index < -0.39 is 25.3 Å². The van der Waals surface area contributed by atoms with Gasteiger partial charge in [-0.2, -0.15) is 13.2 Å². The van der Waals surface area contributed by atoms with Crippen molar-refractivity contribution < 1.29 is 22.7 Å². The van der Waals surface area contributed by atoms with Gasteiger partial charge >= 0.3 is 6.18 Å². The van der Waals surface area contributed by atoms with E-state index in [2.05, 4.69) is 26.0 Å². The van der Waals surface area contributed by atoms with Crippen LogP contribution in [0.25, 0.3) is 0 Å². The van der Waals surface area contributed by atoms with E-state index in [-0.39, 0.29) is 6.04 Å². The summed E-state index contributed by atoms with van der Waals surface area (Å²) in [6.07, 6.45) is -4.42. The summed E-state index contributed by atoms with van der Waals surface area (Å²) >= 11 is 3.33. The van der Waals surface area contributed by atoms with Crippen molar-refractivity contribution in [2.45, 2.75) is 19.1 Å². The molecule has 1 aromatic carbocycles. The number of carbonyl (C=O) groups is 1. The predicted molar refractivity (Wildman–Crippen MR) is 67.6 cm³/mol. The first-order valence-corrected chi connectivity index (χ1v) is 6.27. The quantitative estimate of drug-likeness (QED) is 0.894. The molecule has 0 saturated carbocycles. The van der Waals surface area contributed by atoms with Crippen LogP contribution >= 0.6 is 15.9 Å². The Labute approximate surface area is 117 Å². The van der Waals surface area contributed by atoms with Crippen LogP contribution in [0.15, 0.2) is 28.7 Å². The van der Waals surface area contributed by atoms with Gasteiger partial charge in [0.1, 0.15) is 13.2 Å². The van der Waals surface area contributed by atoms with Crippen LogP contribution in [0.1, 0.15) is 18.5 Å². The third-order valence-electron chi connectivity index (χ3n) is 2.25. The second kappa shape index (κ2) is 6.91. The molecule has 0 aliphatic carbocycles. The normalized spacial score (nSPS) is 13.1. The second-order valence-corrected chi connectivity index (χ2v) is 4.77. The number of amides is 1. The molecule has 1 atom stereocenters. The highest BCUT2D eigenvalue weighted by molar-refractivity contribution is 9.10. The highest BCUT2D eigenvalue weighted by atomic mass is 79.9. The first kappa shape index (κ1) is 16.0. The van der Waals surface area contributed by atoms with Gasteiger partial charge in [0, 0.05) is 4.47 Å². The first-order chi connectivity index (χ1) is 8.79. The van der Waals surface area contributed by atoms with E-state index in [1.54, 1.807) is 6.92 Å². The van der Waals surface area contributed by atoms with Crippen LogP contribution in [-0.2, 0) is 9.53 Å². The molecule has 0 aromatic heterocycles. The molecule has 1 aromatic rings. The number of ether oxygens (including phenoxy) is 1. The number of alkyl halides is 3. The number of carbonyl (C=O) groups excluding carboxylic acids is 1. The molecule has 0 aliphatic rings. The number of halogens is 4. The monoisotopic (exact) mass is 339 g/mol. The van der Waals surface area contributed by atoms with Gasteiger partial charge in [-0.15, -0.1) is 0 Å². The summed E-state index contributed by atoms with van der Waals surface area (Å²) in [5.41, 5.74) is 0.840. The van der Waals surface area contributed by atoms with Crippen molar-refractivity contribution in [2.75, 3.05) is 13.2 Å². The van der Waals surface area contributed by atoms with E-state index in [4.69, 9.17) is 0 Å². The van der Waals surface area contributed by atoms with Gasteiger partial charge in [0.25, 0.3) is 0 Å². The zero-order valence-corrected chi connectivity index (χ0v) is 11.7. The zero-order chi connectivity index (χ0) is 14.5. The van der Waals surface area contributed by atoms with Crippen molar-refractivity contribution >= 4 is 21.8 Å². The lowest BCUT2D eigenvalue weighted by molar-refractivity contribution is -0.175. The summed E-state index contributed by atoms with van der Waals surface area (Å²) in [7, 11) is 0. The SMILES string of the molecule is CC(NC(=O)COCC(F)(F)F)c1ccccc1Br. The topological polar surface area (TPSA) is 38.3 Å². The Balaban J connectivity index is 2.43. The van der Waals surface area contributed by atoms with Crippen LogP contribution in [0.3, 0.4) is 0 Å². The average molecular weight is 340 g/mol. The molecule has 0 fully saturated rings. The molecule has 1 rings (SSSR count). The van der Waals surface area contributed by atoms with Gasteiger partial charge in [-0.1, -0.05) is 34.1 Å². The number of benzene rings is 1. The Morgan fingerprint density at radius 2 is 2.05 bits per heavy atom. The van der Waals surface area contributed by atoms with E-state index in [0.717, 1.165) is 10.0 Å². The van der Waals surface area contributed by atoms with Gasteiger partial charge in [0.2, 0.25) is 5.91 Å². The first-order valence-electron chi connectivity index (χ1n) is 5.48. The van der Waals surface area contributed by atoms with Gasteiger partial charge in [-0.05, 0) is 18.6 Å². The summed E-state index contributed by atoms with van der Waals surface area (Å²) in [5.74, 6) is -0.590. The molecule has 1 N–H and O–H groups in total. The maximum Gasteiger partial charge on any atom is 0.411 e. The molecule has 0 heterocycles. The second-order valence-electron chi connectivity index (χ2n) is 3.92. The summed E-state index contributed by atoms with van der Waals surface area (Å²) in [6.45, 7) is -0.306. The van der Waals surface area contributed by atoms with E-state index >= 15 is 0 Å². The lowest BCUT2D eigenvalue weighted by Gasteiger charge is -2.16. The van der Waals surface area contributed by atoms with Gasteiger partial charge in [-0.3, -0.25) is 4.79 Å². The van der Waals surface area contributed by atoms with Crippen molar-refractivity contribution in [3.63, 3.8) is 0 Å². The molecule has 0 radical (unpaired) electrons. The summed E-state index contributed by atoms with van der Waals surface area (Å²) < 4.78 is 40.6. The van der Waals surface area contributed by atoms with Crippen LogP contribution in [0, 0.1) is 0 Å². The van der Waals surface area contributed by atoms with Gasteiger partial charge < -0.3 is 10.1 Å². The van der Waals surface area contributed by atoms with Crippen molar-refractivity contribution in [2.24, 2.45) is 0 Å². The Morgan fingerprint density at radius 3 is 2.63 bits per heavy atom. The van der Waals surface area contributed by atoms with Crippen molar-refractivity contribution in [3.8, 4) is 0 Å². The molecular weight excluding hydrogens is 327 g/mol. The highest BCUT2D eigenvalue weighted by Crippen LogP contribution is 2.22. The third kappa shape index (κ3) is 6.07. The van der Waals surface area contributed by atoms with E-state index in [9.17, 15) is 18.0 Å². The fraction of sp³-hybridized carbons (Fsp3) is 0.417. The van der Waals surface area contributed by atoms with Crippen LogP contribution in [0.2, 0.25) is 0 Å². The smallest absolute Gasteiger partial charge is 0.362 e. The number of rotatable bonds is 5. The number of hydrogen-bond acceptors (Lipinski definition) is 2. The van der Waals surface area contributed by atoms with Gasteiger partial charge in [-0.25, -0.2) is 0 Å². The molecule has 0 aliphatic heterocycles. The number of hydrogen-bond donors (Lipinski definition) is 1. The third-order valence-corrected chi connectivity index (χ3v) is 2.97. The summed E-state index contributed by atoms with van der Waals surface area (Å²) in [5, 5.41) is 2.56. The minimum absolute atomic E-state index is 0.322. The van der Waals surface area contributed by atoms with E-state index in [1.807, 2.05) is 24.3 Å². The summed E-state index contributed by atoms with van der Waals surface area (Å²) in [6, 6.07) is 6.94. The number of nitrogens with one attached hydrogen (secondary N) is 1. The standard InChI is InChI=1S/C12H13BrF3NO2/c1-8(9-4-2-3-5-10(9)13)17-11(18)6-19-7-12(14,15)16/h2-5,8H,6-7H2,1H3,(H,17,18). The predicted octanol–water partition coefficient (Wildman–Crippen LogP) is 3.21. The molecule has 0 saturated heterocycles. The summed E-state index contributed by atoms with van der Waals surface area (Å²) in [4.78, 5) is 11.4. The fourth-order valence-electron chi connectivity index (χ4n) is 1.45. The molecule has 0 spiro atoms. The van der Waals surface area contributed by atoms with Crippen molar-refractivity contribution in [1.29, 1.82) is 0 Å². The van der Waals surface area contributed by atoms with Crippen molar-refractivity contribution in [1.82, 2.24) is 5.32 Å². The molecule has 19 heavy (non-hydrogen) atoms. The van der Waals surface area contributed by atoms with Gasteiger partial charge in [0.05, 0.1) is 6.04 Å². The lowest BCUT2D eigenvalue weighted by atomic mass is 10.1. The van der Waals surface area contributed by atoms with Crippen molar-refractivity contribution in [3.05, 3.63) is 34.3 Å². The maximum atomic E-state index is 11.8. The molecule has 3 nitrogen and oxygen atoms in total. The molecule has 1 unspecified atom stereocenters. The largest absolute Gasteiger partial charge is 0.411 e. The van der Waals surface area contributed by atoms with E-state index in [0.29, 0.717) is 0 Å². The van der Waals surface area contributed by atoms with Crippen LogP contribution in [0.4, 0.5) is 13.2 Å². The molecule has 7 heteroatoms. The Morgan fingerprint density at radius 1 is 1.42 bits per heavy atom. The van der Waals surface area contributed by atoms with E-state index in [1.165, 1.54) is 0 Å². The molecule has 0 bridgehead atoms. The lowest BCUT2D eigenvalue weighted by Crippen LogP contribution is -2.31. The van der Waals surface area contributed by atoms with Crippen LogP contribution in [-0.4, -0.2) is 25.3 Å².